The van der Waals surface area contributed by atoms with Crippen LogP contribution in [-0.4, -0.2) is 46.6 Å². The van der Waals surface area contributed by atoms with Gasteiger partial charge in [0.1, 0.15) is 0 Å². The highest BCUT2D eigenvalue weighted by atomic mass is 16.5. The van der Waals surface area contributed by atoms with Crippen LogP contribution in [0.4, 0.5) is 0 Å². The third-order valence-corrected chi connectivity index (χ3v) is 4.61. The number of rotatable bonds is 8. The summed E-state index contributed by atoms with van der Waals surface area (Å²) < 4.78 is 5.08. The van der Waals surface area contributed by atoms with Crippen molar-refractivity contribution in [3.63, 3.8) is 0 Å². The summed E-state index contributed by atoms with van der Waals surface area (Å²) in [7, 11) is 0. The molecule has 1 aliphatic rings. The first kappa shape index (κ1) is 18.9. The van der Waals surface area contributed by atoms with E-state index in [4.69, 9.17) is 4.52 Å². The number of carbonyl (C=O) groups excluding carboxylic acids is 1. The van der Waals surface area contributed by atoms with Gasteiger partial charge >= 0.3 is 0 Å². The molecule has 0 unspecified atom stereocenters. The van der Waals surface area contributed by atoms with E-state index in [1.807, 2.05) is 6.92 Å². The largest absolute Gasteiger partial charge is 0.353 e. The number of piperidine rings is 1. The summed E-state index contributed by atoms with van der Waals surface area (Å²) in [5, 5.41) is 7.17. The van der Waals surface area contributed by atoms with Crippen molar-refractivity contribution in [3.8, 4) is 0 Å². The Labute approximate surface area is 145 Å². The van der Waals surface area contributed by atoms with Crippen LogP contribution in [0.15, 0.2) is 4.52 Å². The van der Waals surface area contributed by atoms with E-state index in [-0.39, 0.29) is 17.9 Å². The zero-order valence-corrected chi connectivity index (χ0v) is 15.5. The van der Waals surface area contributed by atoms with Crippen LogP contribution in [0.3, 0.4) is 0 Å². The minimum Gasteiger partial charge on any atom is -0.353 e. The second-order valence-electron chi connectivity index (χ2n) is 7.54. The van der Waals surface area contributed by atoms with Gasteiger partial charge in [-0.1, -0.05) is 31.8 Å². The van der Waals surface area contributed by atoms with Crippen LogP contribution >= 0.6 is 0 Å². The van der Waals surface area contributed by atoms with Crippen LogP contribution in [0, 0.1) is 12.8 Å². The Morgan fingerprint density at radius 2 is 2.17 bits per heavy atom. The van der Waals surface area contributed by atoms with Crippen LogP contribution in [-0.2, 0) is 4.79 Å². The number of hydrogen-bond donors (Lipinski definition) is 1. The van der Waals surface area contributed by atoms with Gasteiger partial charge in [-0.2, -0.15) is 4.98 Å². The van der Waals surface area contributed by atoms with Gasteiger partial charge in [-0.05, 0) is 38.6 Å². The van der Waals surface area contributed by atoms with E-state index in [9.17, 15) is 4.79 Å². The van der Waals surface area contributed by atoms with Crippen LogP contribution in [0.1, 0.15) is 70.5 Å². The van der Waals surface area contributed by atoms with Gasteiger partial charge in [0.05, 0.1) is 6.54 Å². The Balaban J connectivity index is 1.73. The smallest absolute Gasteiger partial charge is 0.234 e. The lowest BCUT2D eigenvalue weighted by molar-refractivity contribution is -0.123. The molecule has 1 aromatic rings. The summed E-state index contributed by atoms with van der Waals surface area (Å²) in [6, 6.07) is 0.247. The SMILES string of the molecule is Cc1nc([C@@H]2CCCN(CC(=O)N[C@H](C)CCCC(C)C)C2)no1. The van der Waals surface area contributed by atoms with E-state index in [0.29, 0.717) is 12.4 Å². The van der Waals surface area contributed by atoms with Crippen molar-refractivity contribution in [2.75, 3.05) is 19.6 Å². The first-order valence-corrected chi connectivity index (χ1v) is 9.26. The number of aromatic nitrogens is 2. The standard InChI is InChI=1S/C18H32N4O2/c1-13(2)7-5-8-14(3)19-17(23)12-22-10-6-9-16(11-22)18-20-15(4)24-21-18/h13-14,16H,5-12H2,1-4H3,(H,19,23)/t14-,16-/m1/s1. The molecule has 1 saturated heterocycles. The highest BCUT2D eigenvalue weighted by molar-refractivity contribution is 5.78. The highest BCUT2D eigenvalue weighted by Gasteiger charge is 2.26. The molecule has 1 N–H and O–H groups in total. The molecule has 6 nitrogen and oxygen atoms in total. The average Bonchev–Trinajstić information content (AvgIpc) is 2.93. The summed E-state index contributed by atoms with van der Waals surface area (Å²) >= 11 is 0. The molecular formula is C18H32N4O2. The van der Waals surface area contributed by atoms with E-state index in [1.54, 1.807) is 0 Å². The highest BCUT2D eigenvalue weighted by Crippen LogP contribution is 2.24. The predicted molar refractivity (Wildman–Crippen MR) is 93.7 cm³/mol. The van der Waals surface area contributed by atoms with E-state index >= 15 is 0 Å². The van der Waals surface area contributed by atoms with E-state index in [1.165, 1.54) is 12.8 Å². The van der Waals surface area contributed by atoms with Gasteiger partial charge in [0.2, 0.25) is 11.8 Å². The number of aryl methyl sites for hydroxylation is 1. The van der Waals surface area contributed by atoms with E-state index < -0.39 is 0 Å². The van der Waals surface area contributed by atoms with Crippen LogP contribution in [0.5, 0.6) is 0 Å². The van der Waals surface area contributed by atoms with Crippen LogP contribution < -0.4 is 5.32 Å². The normalized spacial score (nSPS) is 20.3. The zero-order valence-electron chi connectivity index (χ0n) is 15.5. The summed E-state index contributed by atoms with van der Waals surface area (Å²) in [6.45, 7) is 10.6. The van der Waals surface area contributed by atoms with Crippen molar-refractivity contribution in [1.29, 1.82) is 0 Å². The number of nitrogens with one attached hydrogen (secondary N) is 1. The van der Waals surface area contributed by atoms with Crippen LogP contribution in [0.25, 0.3) is 0 Å². The molecule has 1 aliphatic heterocycles. The second-order valence-corrected chi connectivity index (χ2v) is 7.54. The quantitative estimate of drug-likeness (QED) is 0.790. The molecule has 136 valence electrons. The molecule has 1 fully saturated rings. The van der Waals surface area contributed by atoms with Gasteiger partial charge in [0.25, 0.3) is 0 Å². The van der Waals surface area contributed by atoms with Crippen molar-refractivity contribution >= 4 is 5.91 Å². The molecule has 24 heavy (non-hydrogen) atoms. The third kappa shape index (κ3) is 6.23. The molecule has 1 amide bonds. The maximum absolute atomic E-state index is 12.3. The Bertz CT molecular complexity index is 515. The number of amides is 1. The lowest BCUT2D eigenvalue weighted by Crippen LogP contribution is -2.44. The average molecular weight is 336 g/mol. The van der Waals surface area contributed by atoms with Gasteiger partial charge in [-0.3, -0.25) is 9.69 Å². The summed E-state index contributed by atoms with van der Waals surface area (Å²) in [5.74, 6) is 2.51. The molecule has 2 rings (SSSR count). The molecule has 0 spiro atoms. The maximum atomic E-state index is 12.3. The lowest BCUT2D eigenvalue weighted by atomic mass is 9.97. The molecule has 0 saturated carbocycles. The van der Waals surface area contributed by atoms with Gasteiger partial charge < -0.3 is 9.84 Å². The maximum Gasteiger partial charge on any atom is 0.234 e. The molecule has 2 heterocycles. The van der Waals surface area contributed by atoms with Crippen molar-refractivity contribution in [2.24, 2.45) is 5.92 Å². The Morgan fingerprint density at radius 1 is 1.38 bits per heavy atom. The lowest BCUT2D eigenvalue weighted by Gasteiger charge is -2.31. The Hall–Kier alpha value is -1.43. The molecule has 0 aliphatic carbocycles. The molecule has 1 aromatic heterocycles. The number of carbonyl (C=O) groups is 1. The van der Waals surface area contributed by atoms with Crippen molar-refractivity contribution < 1.29 is 9.32 Å². The first-order valence-electron chi connectivity index (χ1n) is 9.26. The van der Waals surface area contributed by atoms with E-state index in [0.717, 1.165) is 44.1 Å². The molecule has 0 aromatic carbocycles. The van der Waals surface area contributed by atoms with E-state index in [2.05, 4.69) is 41.1 Å². The topological polar surface area (TPSA) is 71.3 Å². The summed E-state index contributed by atoms with van der Waals surface area (Å²) in [5.41, 5.74) is 0. The monoisotopic (exact) mass is 336 g/mol. The fourth-order valence-electron chi connectivity index (χ4n) is 3.32. The minimum absolute atomic E-state index is 0.122. The van der Waals surface area contributed by atoms with Gasteiger partial charge in [0.15, 0.2) is 5.82 Å². The van der Waals surface area contributed by atoms with Gasteiger partial charge in [-0.15, -0.1) is 0 Å². The molecule has 0 radical (unpaired) electrons. The van der Waals surface area contributed by atoms with Crippen molar-refractivity contribution in [1.82, 2.24) is 20.4 Å². The van der Waals surface area contributed by atoms with Crippen molar-refractivity contribution in [3.05, 3.63) is 11.7 Å². The zero-order chi connectivity index (χ0) is 17.5. The number of nitrogens with zero attached hydrogens (tertiary/aromatic N) is 3. The van der Waals surface area contributed by atoms with Crippen LogP contribution in [0.2, 0.25) is 0 Å². The fraction of sp³-hybridized carbons (Fsp3) is 0.833. The second kappa shape index (κ2) is 9.16. The molecule has 6 heteroatoms. The van der Waals surface area contributed by atoms with Gasteiger partial charge in [-0.25, -0.2) is 0 Å². The fourth-order valence-corrected chi connectivity index (χ4v) is 3.32. The minimum atomic E-state index is 0.122. The predicted octanol–water partition coefficient (Wildman–Crippen LogP) is 2.89. The number of likely N-dealkylation sites (tertiary alicyclic amines) is 1. The number of hydrogen-bond acceptors (Lipinski definition) is 5. The Morgan fingerprint density at radius 3 is 2.83 bits per heavy atom. The molecule has 0 bridgehead atoms. The third-order valence-electron chi connectivity index (χ3n) is 4.61. The van der Waals surface area contributed by atoms with Crippen molar-refractivity contribution in [2.45, 2.75) is 71.8 Å². The summed E-state index contributed by atoms with van der Waals surface area (Å²) in [6.07, 6.45) is 5.56. The molecular weight excluding hydrogens is 304 g/mol. The first-order chi connectivity index (χ1) is 11.4. The Kier molecular flexibility index (Phi) is 7.21. The van der Waals surface area contributed by atoms with Gasteiger partial charge in [0, 0.05) is 25.4 Å². The summed E-state index contributed by atoms with van der Waals surface area (Å²) in [4.78, 5) is 18.8. The molecule has 2 atom stereocenters.